The minimum Gasteiger partial charge on any atom is -0.451 e. The van der Waals surface area contributed by atoms with Gasteiger partial charge in [0.2, 0.25) is 0 Å². The number of carbonyl (C=O) groups is 1. The molecule has 1 aromatic carbocycles. The first-order valence-corrected chi connectivity index (χ1v) is 7.97. The second-order valence-electron chi connectivity index (χ2n) is 4.93. The van der Waals surface area contributed by atoms with Crippen molar-refractivity contribution in [3.63, 3.8) is 0 Å². The molecule has 7 nitrogen and oxygen atoms in total. The van der Waals surface area contributed by atoms with Crippen molar-refractivity contribution in [1.82, 2.24) is 20.2 Å². The minimum absolute atomic E-state index is 0.105. The average molecular weight is 366 g/mol. The number of hydrogen-bond acceptors (Lipinski definition) is 5. The minimum atomic E-state index is -0.476. The molecule has 0 aliphatic heterocycles. The third-order valence-corrected chi connectivity index (χ3v) is 3.97. The Hall–Kier alpha value is -2.38. The Bertz CT molecular complexity index is 874. The normalized spacial score (nSPS) is 10.8. The number of benzene rings is 1. The fourth-order valence-electron chi connectivity index (χ4n) is 2.05. The van der Waals surface area contributed by atoms with Crippen molar-refractivity contribution >= 4 is 35.1 Å². The number of tetrazole rings is 1. The summed E-state index contributed by atoms with van der Waals surface area (Å²) in [6.07, 6.45) is 0.867. The van der Waals surface area contributed by atoms with E-state index in [2.05, 4.69) is 20.7 Å². The highest BCUT2D eigenvalue weighted by molar-refractivity contribution is 6.43. The molecule has 9 heteroatoms. The average Bonchev–Trinajstić information content (AvgIpc) is 3.20. The molecule has 0 atom stereocenters. The van der Waals surface area contributed by atoms with Gasteiger partial charge in [-0.3, -0.25) is 10.1 Å². The second kappa shape index (κ2) is 7.02. The standard InChI is InChI=1S/C15H13Cl2N5O2/c1-2-8-22-20-15(19-21-22)18-14(23)12-7-6-11(24-12)9-4-3-5-10(16)13(9)17/h3-7H,2,8H2,1H3,(H,18,20,23). The largest absolute Gasteiger partial charge is 0.451 e. The number of nitrogens with one attached hydrogen (secondary N) is 1. The Morgan fingerprint density at radius 2 is 2.12 bits per heavy atom. The number of amides is 1. The van der Waals surface area contributed by atoms with Crippen LogP contribution in [-0.4, -0.2) is 26.1 Å². The molecule has 1 N–H and O–H groups in total. The third-order valence-electron chi connectivity index (χ3n) is 3.15. The number of aryl methyl sites for hydroxylation is 1. The van der Waals surface area contributed by atoms with E-state index in [0.29, 0.717) is 27.9 Å². The molecular weight excluding hydrogens is 353 g/mol. The van der Waals surface area contributed by atoms with E-state index in [4.69, 9.17) is 27.6 Å². The Kier molecular flexibility index (Phi) is 4.82. The van der Waals surface area contributed by atoms with Gasteiger partial charge in [-0.2, -0.15) is 4.80 Å². The van der Waals surface area contributed by atoms with Crippen molar-refractivity contribution in [2.75, 3.05) is 5.32 Å². The van der Waals surface area contributed by atoms with E-state index in [-0.39, 0.29) is 11.7 Å². The molecule has 24 heavy (non-hydrogen) atoms. The van der Waals surface area contributed by atoms with Crippen molar-refractivity contribution in [2.45, 2.75) is 19.9 Å². The zero-order valence-corrected chi connectivity index (χ0v) is 14.2. The van der Waals surface area contributed by atoms with E-state index < -0.39 is 5.91 Å². The lowest BCUT2D eigenvalue weighted by Gasteiger charge is -2.02. The maximum atomic E-state index is 12.2. The van der Waals surface area contributed by atoms with Gasteiger partial charge in [0, 0.05) is 5.56 Å². The van der Waals surface area contributed by atoms with Gasteiger partial charge in [0.15, 0.2) is 5.76 Å². The summed E-state index contributed by atoms with van der Waals surface area (Å²) < 4.78 is 5.56. The fourth-order valence-corrected chi connectivity index (χ4v) is 2.44. The van der Waals surface area contributed by atoms with Gasteiger partial charge >= 0.3 is 0 Å². The molecule has 2 heterocycles. The van der Waals surface area contributed by atoms with Crippen molar-refractivity contribution in [1.29, 1.82) is 0 Å². The van der Waals surface area contributed by atoms with Crippen LogP contribution in [0.3, 0.4) is 0 Å². The van der Waals surface area contributed by atoms with Gasteiger partial charge < -0.3 is 4.42 Å². The zero-order valence-electron chi connectivity index (χ0n) is 12.7. The van der Waals surface area contributed by atoms with E-state index >= 15 is 0 Å². The summed E-state index contributed by atoms with van der Waals surface area (Å²) >= 11 is 12.1. The van der Waals surface area contributed by atoms with Crippen LogP contribution in [0.2, 0.25) is 10.0 Å². The van der Waals surface area contributed by atoms with Gasteiger partial charge in [-0.1, -0.05) is 41.3 Å². The quantitative estimate of drug-likeness (QED) is 0.740. The second-order valence-corrected chi connectivity index (χ2v) is 5.71. The molecule has 0 unspecified atom stereocenters. The molecule has 3 rings (SSSR count). The highest BCUT2D eigenvalue weighted by atomic mass is 35.5. The van der Waals surface area contributed by atoms with Gasteiger partial charge in [-0.25, -0.2) is 0 Å². The van der Waals surface area contributed by atoms with Crippen LogP contribution < -0.4 is 5.32 Å². The molecule has 0 bridgehead atoms. The van der Waals surface area contributed by atoms with Crippen LogP contribution >= 0.6 is 23.2 Å². The first kappa shape index (κ1) is 16.5. The van der Waals surface area contributed by atoms with Crippen molar-refractivity contribution in [3.05, 3.63) is 46.1 Å². The van der Waals surface area contributed by atoms with E-state index in [1.165, 1.54) is 4.80 Å². The Morgan fingerprint density at radius 1 is 1.29 bits per heavy atom. The summed E-state index contributed by atoms with van der Waals surface area (Å²) in [5, 5.41) is 14.9. The first-order valence-electron chi connectivity index (χ1n) is 7.22. The van der Waals surface area contributed by atoms with Crippen LogP contribution in [0.25, 0.3) is 11.3 Å². The van der Waals surface area contributed by atoms with E-state index in [0.717, 1.165) is 6.42 Å². The van der Waals surface area contributed by atoms with Gasteiger partial charge in [0.25, 0.3) is 11.9 Å². The molecule has 0 aliphatic carbocycles. The van der Waals surface area contributed by atoms with Crippen molar-refractivity contribution < 1.29 is 9.21 Å². The van der Waals surface area contributed by atoms with Crippen molar-refractivity contribution in [2.24, 2.45) is 0 Å². The van der Waals surface area contributed by atoms with Gasteiger partial charge in [-0.15, -0.1) is 5.10 Å². The molecule has 3 aromatic rings. The molecule has 0 fully saturated rings. The topological polar surface area (TPSA) is 85.8 Å². The number of rotatable bonds is 5. The summed E-state index contributed by atoms with van der Waals surface area (Å²) in [6.45, 7) is 2.62. The van der Waals surface area contributed by atoms with Crippen LogP contribution in [0.1, 0.15) is 23.9 Å². The lowest BCUT2D eigenvalue weighted by atomic mass is 10.2. The fraction of sp³-hybridized carbons (Fsp3) is 0.200. The summed E-state index contributed by atoms with van der Waals surface area (Å²) in [6, 6.07) is 8.37. The SMILES string of the molecule is CCCn1nnc(NC(=O)c2ccc(-c3cccc(Cl)c3Cl)o2)n1. The predicted molar refractivity (Wildman–Crippen MR) is 90.2 cm³/mol. The van der Waals surface area contributed by atoms with E-state index in [1.807, 2.05) is 6.92 Å². The maximum Gasteiger partial charge on any atom is 0.293 e. The Balaban J connectivity index is 1.77. The number of furan rings is 1. The number of halogens is 2. The van der Waals surface area contributed by atoms with Gasteiger partial charge in [-0.05, 0) is 35.9 Å². The number of hydrogen-bond donors (Lipinski definition) is 1. The molecule has 0 saturated carbocycles. The molecule has 2 aromatic heterocycles. The highest BCUT2D eigenvalue weighted by Gasteiger charge is 2.16. The summed E-state index contributed by atoms with van der Waals surface area (Å²) in [7, 11) is 0. The molecule has 0 spiro atoms. The number of aromatic nitrogens is 4. The molecule has 0 radical (unpaired) electrons. The molecule has 1 amide bonds. The molecular formula is C15H13Cl2N5O2. The number of carbonyl (C=O) groups excluding carboxylic acids is 1. The first-order chi connectivity index (χ1) is 11.6. The lowest BCUT2D eigenvalue weighted by molar-refractivity contribution is 0.0996. The van der Waals surface area contributed by atoms with Crippen LogP contribution in [0, 0.1) is 0 Å². The highest BCUT2D eigenvalue weighted by Crippen LogP contribution is 2.34. The smallest absolute Gasteiger partial charge is 0.293 e. The van der Waals surface area contributed by atoms with Crippen LogP contribution in [0.15, 0.2) is 34.7 Å². The molecule has 124 valence electrons. The van der Waals surface area contributed by atoms with Crippen LogP contribution in [0.4, 0.5) is 5.95 Å². The maximum absolute atomic E-state index is 12.2. The number of anilines is 1. The third kappa shape index (κ3) is 3.42. The van der Waals surface area contributed by atoms with Crippen LogP contribution in [0.5, 0.6) is 0 Å². The zero-order chi connectivity index (χ0) is 17.1. The Morgan fingerprint density at radius 3 is 2.92 bits per heavy atom. The summed E-state index contributed by atoms with van der Waals surface area (Å²) in [4.78, 5) is 13.6. The van der Waals surface area contributed by atoms with Crippen LogP contribution in [-0.2, 0) is 6.54 Å². The van der Waals surface area contributed by atoms with Gasteiger partial charge in [0.1, 0.15) is 5.76 Å². The summed E-state index contributed by atoms with van der Waals surface area (Å²) in [5.41, 5.74) is 0.607. The van der Waals surface area contributed by atoms with E-state index in [9.17, 15) is 4.79 Å². The Labute approximate surface area is 147 Å². The van der Waals surface area contributed by atoms with Crippen molar-refractivity contribution in [3.8, 4) is 11.3 Å². The lowest BCUT2D eigenvalue weighted by Crippen LogP contribution is -2.12. The van der Waals surface area contributed by atoms with E-state index in [1.54, 1.807) is 30.3 Å². The monoisotopic (exact) mass is 365 g/mol. The molecule has 0 aliphatic rings. The summed E-state index contributed by atoms with van der Waals surface area (Å²) in [5.74, 6) is 0.186. The van der Waals surface area contributed by atoms with Gasteiger partial charge in [0.05, 0.1) is 16.6 Å². The number of nitrogens with zero attached hydrogens (tertiary/aromatic N) is 4. The predicted octanol–water partition coefficient (Wildman–Crippen LogP) is 3.90. The molecule has 0 saturated heterocycles.